The van der Waals surface area contributed by atoms with Crippen molar-refractivity contribution < 1.29 is 9.34 Å². The fourth-order valence-corrected chi connectivity index (χ4v) is 1.63. The number of nitro groups is 1. The van der Waals surface area contributed by atoms with E-state index in [-0.39, 0.29) is 17.2 Å². The molecule has 0 aliphatic heterocycles. The number of aromatic amines is 1. The highest BCUT2D eigenvalue weighted by Crippen LogP contribution is 2.27. The van der Waals surface area contributed by atoms with E-state index in [9.17, 15) is 10.1 Å². The lowest BCUT2D eigenvalue weighted by Crippen LogP contribution is -2.01. The maximum Gasteiger partial charge on any atom is 0.298 e. The molecule has 2 aromatic heterocycles. The summed E-state index contributed by atoms with van der Waals surface area (Å²) in [4.78, 5) is 18.3. The van der Waals surface area contributed by atoms with Crippen LogP contribution in [-0.2, 0) is 6.54 Å². The Kier molecular flexibility index (Phi) is 2.56. The molecule has 0 saturated heterocycles. The Labute approximate surface area is 105 Å². The van der Waals surface area contributed by atoms with Gasteiger partial charge in [0.15, 0.2) is 11.1 Å². The van der Waals surface area contributed by atoms with Gasteiger partial charge in [0.1, 0.15) is 12.2 Å². The molecule has 0 fully saturated rings. The lowest BCUT2D eigenvalue weighted by Gasteiger charge is -1.95. The van der Waals surface area contributed by atoms with Crippen molar-refractivity contribution in [1.82, 2.24) is 20.2 Å². The molecule has 0 saturated carbocycles. The number of aromatic nitrogens is 4. The van der Waals surface area contributed by atoms with Gasteiger partial charge in [-0.2, -0.15) is 10.1 Å². The molecule has 19 heavy (non-hydrogen) atoms. The zero-order valence-electron chi connectivity index (χ0n) is 9.53. The minimum atomic E-state index is -0.495. The lowest BCUT2D eigenvalue weighted by atomic mass is 10.3. The maximum absolute atomic E-state index is 10.8. The van der Waals surface area contributed by atoms with E-state index in [1.807, 2.05) is 0 Å². The van der Waals surface area contributed by atoms with Crippen LogP contribution in [0.5, 0.6) is 0 Å². The summed E-state index contributed by atoms with van der Waals surface area (Å²) in [7, 11) is 0. The standard InChI is InChI=1S/C10H8N6O3/c17-16(18)6-2-1-3-7-9(6)14-10(19-7)11-4-8-12-5-13-15-8/h1-3,5H,4H2,(H,11,14)(H,12,13,15). The Morgan fingerprint density at radius 3 is 3.11 bits per heavy atom. The quantitative estimate of drug-likeness (QED) is 0.537. The van der Waals surface area contributed by atoms with Crippen molar-refractivity contribution in [2.24, 2.45) is 0 Å². The number of H-pyrrole nitrogens is 1. The third-order valence-corrected chi connectivity index (χ3v) is 2.47. The van der Waals surface area contributed by atoms with Gasteiger partial charge in [0.25, 0.3) is 11.7 Å². The molecule has 9 heteroatoms. The van der Waals surface area contributed by atoms with E-state index in [0.717, 1.165) is 0 Å². The lowest BCUT2D eigenvalue weighted by molar-refractivity contribution is -0.383. The van der Waals surface area contributed by atoms with Crippen molar-refractivity contribution in [2.75, 3.05) is 5.32 Å². The van der Waals surface area contributed by atoms with E-state index in [1.54, 1.807) is 12.1 Å². The number of hydrogen-bond acceptors (Lipinski definition) is 7. The molecule has 0 aliphatic carbocycles. The van der Waals surface area contributed by atoms with E-state index in [1.165, 1.54) is 12.4 Å². The fourth-order valence-electron chi connectivity index (χ4n) is 1.63. The van der Waals surface area contributed by atoms with Gasteiger partial charge in [0.2, 0.25) is 0 Å². The summed E-state index contributed by atoms with van der Waals surface area (Å²) >= 11 is 0. The molecule has 0 amide bonds. The van der Waals surface area contributed by atoms with Gasteiger partial charge < -0.3 is 9.73 Å². The molecule has 96 valence electrons. The molecule has 2 heterocycles. The first kappa shape index (κ1) is 11.1. The first-order chi connectivity index (χ1) is 9.24. The third kappa shape index (κ3) is 2.08. The summed E-state index contributed by atoms with van der Waals surface area (Å²) in [6.45, 7) is 0.334. The second kappa shape index (κ2) is 4.37. The van der Waals surface area contributed by atoms with E-state index in [0.29, 0.717) is 18.0 Å². The average Bonchev–Trinajstić information content (AvgIpc) is 3.04. The Morgan fingerprint density at radius 2 is 2.37 bits per heavy atom. The first-order valence-corrected chi connectivity index (χ1v) is 5.36. The molecule has 0 radical (unpaired) electrons. The molecule has 2 N–H and O–H groups in total. The molecular weight excluding hydrogens is 252 g/mol. The highest BCUT2D eigenvalue weighted by Gasteiger charge is 2.17. The largest absolute Gasteiger partial charge is 0.423 e. The Bertz CT molecular complexity index is 720. The van der Waals surface area contributed by atoms with Crippen molar-refractivity contribution in [1.29, 1.82) is 0 Å². The summed E-state index contributed by atoms with van der Waals surface area (Å²) < 4.78 is 5.37. The number of nitrogens with one attached hydrogen (secondary N) is 2. The van der Waals surface area contributed by atoms with Gasteiger partial charge in [-0.3, -0.25) is 15.2 Å². The number of oxazole rings is 1. The number of hydrogen-bond donors (Lipinski definition) is 2. The monoisotopic (exact) mass is 260 g/mol. The number of rotatable bonds is 4. The van der Waals surface area contributed by atoms with Gasteiger partial charge >= 0.3 is 0 Å². The van der Waals surface area contributed by atoms with Crippen molar-refractivity contribution >= 4 is 22.8 Å². The van der Waals surface area contributed by atoms with E-state index < -0.39 is 4.92 Å². The van der Waals surface area contributed by atoms with Crippen molar-refractivity contribution in [2.45, 2.75) is 6.54 Å². The van der Waals surface area contributed by atoms with Crippen molar-refractivity contribution in [3.8, 4) is 0 Å². The first-order valence-electron chi connectivity index (χ1n) is 5.36. The second-order valence-corrected chi connectivity index (χ2v) is 3.69. The Morgan fingerprint density at radius 1 is 1.47 bits per heavy atom. The molecule has 1 aromatic carbocycles. The summed E-state index contributed by atoms with van der Waals surface area (Å²) in [5.41, 5.74) is 0.482. The minimum Gasteiger partial charge on any atom is -0.423 e. The van der Waals surface area contributed by atoms with Gasteiger partial charge in [-0.25, -0.2) is 4.98 Å². The molecule has 0 unspecified atom stereocenters. The van der Waals surface area contributed by atoms with Crippen LogP contribution in [0.3, 0.4) is 0 Å². The van der Waals surface area contributed by atoms with Gasteiger partial charge in [-0.15, -0.1) is 0 Å². The summed E-state index contributed by atoms with van der Waals surface area (Å²) in [6.07, 6.45) is 1.38. The topological polar surface area (TPSA) is 123 Å². The van der Waals surface area contributed by atoms with Gasteiger partial charge in [0.05, 0.1) is 11.5 Å². The van der Waals surface area contributed by atoms with Crippen LogP contribution in [0.1, 0.15) is 5.82 Å². The minimum absolute atomic E-state index is 0.0889. The number of non-ortho nitro benzene ring substituents is 1. The zero-order valence-corrected chi connectivity index (χ0v) is 9.53. The highest BCUT2D eigenvalue weighted by molar-refractivity contribution is 5.83. The normalized spacial score (nSPS) is 10.7. The van der Waals surface area contributed by atoms with Crippen LogP contribution in [0.15, 0.2) is 28.9 Å². The summed E-state index contributed by atoms with van der Waals surface area (Å²) in [5.74, 6) is 0.608. The van der Waals surface area contributed by atoms with E-state index in [4.69, 9.17) is 4.42 Å². The van der Waals surface area contributed by atoms with Gasteiger partial charge in [-0.05, 0) is 6.07 Å². The predicted octanol–water partition coefficient (Wildman–Crippen LogP) is 1.47. The van der Waals surface area contributed by atoms with E-state index in [2.05, 4.69) is 25.5 Å². The average molecular weight is 260 g/mol. The molecule has 9 nitrogen and oxygen atoms in total. The Balaban J connectivity index is 1.89. The molecule has 0 atom stereocenters. The number of nitrogens with zero attached hydrogens (tertiary/aromatic N) is 4. The summed E-state index contributed by atoms with van der Waals surface area (Å²) in [5, 5.41) is 20.1. The van der Waals surface area contributed by atoms with Crippen LogP contribution < -0.4 is 5.32 Å². The van der Waals surface area contributed by atoms with Crippen LogP contribution in [-0.4, -0.2) is 25.1 Å². The van der Waals surface area contributed by atoms with Crippen molar-refractivity contribution in [3.05, 3.63) is 40.5 Å². The second-order valence-electron chi connectivity index (χ2n) is 3.69. The zero-order chi connectivity index (χ0) is 13.2. The number of para-hydroxylation sites is 1. The van der Waals surface area contributed by atoms with Gasteiger partial charge in [-0.1, -0.05) is 6.07 Å². The van der Waals surface area contributed by atoms with Crippen LogP contribution in [0, 0.1) is 10.1 Å². The number of anilines is 1. The molecule has 3 rings (SSSR count). The van der Waals surface area contributed by atoms with Crippen LogP contribution in [0.25, 0.3) is 11.1 Å². The molecule has 3 aromatic rings. The molecular formula is C10H8N6O3. The maximum atomic E-state index is 10.8. The Hall–Kier alpha value is -2.97. The number of nitro benzene ring substituents is 1. The fraction of sp³-hybridized carbons (Fsp3) is 0.100. The third-order valence-electron chi connectivity index (χ3n) is 2.47. The van der Waals surface area contributed by atoms with E-state index >= 15 is 0 Å². The van der Waals surface area contributed by atoms with Crippen LogP contribution in [0.2, 0.25) is 0 Å². The van der Waals surface area contributed by atoms with Gasteiger partial charge in [0, 0.05) is 6.07 Å². The van der Waals surface area contributed by atoms with Crippen LogP contribution >= 0.6 is 0 Å². The van der Waals surface area contributed by atoms with Crippen LogP contribution in [0.4, 0.5) is 11.7 Å². The number of fused-ring (bicyclic) bond motifs is 1. The number of benzene rings is 1. The molecule has 0 spiro atoms. The highest BCUT2D eigenvalue weighted by atomic mass is 16.6. The predicted molar refractivity (Wildman–Crippen MR) is 64.4 cm³/mol. The smallest absolute Gasteiger partial charge is 0.298 e. The molecule has 0 aliphatic rings. The molecule has 0 bridgehead atoms. The summed E-state index contributed by atoms with van der Waals surface area (Å²) in [6, 6.07) is 4.74. The van der Waals surface area contributed by atoms with Crippen molar-refractivity contribution in [3.63, 3.8) is 0 Å². The SMILES string of the molecule is O=[N+]([O-])c1cccc2oc(NCc3ncn[nH]3)nc12.